The minimum atomic E-state index is -4.56. The van der Waals surface area contributed by atoms with Gasteiger partial charge >= 0.3 is 66.7 Å². The molecule has 0 aliphatic carbocycles. The first-order valence-electron chi connectivity index (χ1n) is 6.37. The molecule has 130 valence electrons. The van der Waals surface area contributed by atoms with Gasteiger partial charge in [0.25, 0.3) is 5.91 Å². The van der Waals surface area contributed by atoms with Crippen LogP contribution in [0.1, 0.15) is 0 Å². The Balaban J connectivity index is 0.00000156. The van der Waals surface area contributed by atoms with Gasteiger partial charge in [-0.25, -0.2) is 15.0 Å². The van der Waals surface area contributed by atoms with Crippen LogP contribution in [0.2, 0.25) is 0 Å². The molecule has 0 aromatic carbocycles. The number of anilines is 1. The van der Waals surface area contributed by atoms with Crippen LogP contribution in [-0.2, 0) is 19.9 Å². The summed E-state index contributed by atoms with van der Waals surface area (Å²) in [6.45, 7) is -0.317. The van der Waals surface area contributed by atoms with Crippen LogP contribution in [-0.4, -0.2) is 124 Å². The fraction of sp³-hybridized carbons (Fsp3) is 0.500. The molecule has 2 aromatic heterocycles. The number of fused-ring (bicyclic) bond motifs is 1. The second kappa shape index (κ2) is 8.57. The van der Waals surface area contributed by atoms with Gasteiger partial charge in [-0.15, -0.1) is 0 Å². The number of hydrogen-bond acceptors (Lipinski definition) is 9. The summed E-state index contributed by atoms with van der Waals surface area (Å²) < 4.78 is 22.7. The predicted octanol–water partition coefficient (Wildman–Crippen LogP) is -3.37. The Morgan fingerprint density at radius 2 is 2.04 bits per heavy atom. The fourth-order valence-corrected chi connectivity index (χ4v) is 2.64. The van der Waals surface area contributed by atoms with E-state index in [1.807, 2.05) is 0 Å². The molecular weight excluding hydrogens is 379 g/mol. The zero-order valence-electron chi connectivity index (χ0n) is 11.6. The van der Waals surface area contributed by atoms with Gasteiger partial charge in [0.2, 0.25) is 0 Å². The molecule has 0 unspecified atom stereocenters. The van der Waals surface area contributed by atoms with Crippen molar-refractivity contribution in [2.75, 3.05) is 18.7 Å². The first-order valence-corrected chi connectivity index (χ1v) is 8.17. The zero-order chi connectivity index (χ0) is 16.8. The van der Waals surface area contributed by atoms with Crippen LogP contribution in [0.4, 0.5) is 5.82 Å². The molecule has 1 aliphatic rings. The number of aliphatic hydroxyl groups is 2. The maximum atomic E-state index is 11.1. The Morgan fingerprint density at radius 1 is 1.36 bits per heavy atom. The molecule has 12 nitrogen and oxygen atoms in total. The Kier molecular flexibility index (Phi) is 8.01. The number of nitrogens with two attached hydrogens (primary N) is 1. The van der Waals surface area contributed by atoms with Gasteiger partial charge in [0.15, 0.2) is 23.9 Å². The Labute approximate surface area is 185 Å². The van der Waals surface area contributed by atoms with Crippen molar-refractivity contribution in [1.82, 2.24) is 19.5 Å². The van der Waals surface area contributed by atoms with Crippen LogP contribution in [0.25, 0.3) is 11.2 Å². The van der Waals surface area contributed by atoms with Crippen molar-refractivity contribution in [2.45, 2.75) is 18.1 Å². The van der Waals surface area contributed by atoms with Gasteiger partial charge in [0.1, 0.15) is 24.3 Å². The molecule has 3 heterocycles. The molecule has 3 atom stereocenters. The third-order valence-corrected chi connectivity index (χ3v) is 3.80. The molecule has 0 bridgehead atoms. The SMILES string of the molecule is Nc1ncnc2c1ncn2[C@]1(OCP(=O)(O)O)OC[C@@H](O)[C@H]1O.[NaH].[NaH]. The van der Waals surface area contributed by atoms with Gasteiger partial charge in [0.05, 0.1) is 6.61 Å². The number of aromatic nitrogens is 4. The molecule has 0 radical (unpaired) electrons. The van der Waals surface area contributed by atoms with Crippen molar-refractivity contribution in [2.24, 2.45) is 0 Å². The standard InChI is InChI=1S/C10H14N5O7P.2Na.2H/c11-8-6-9(13-2-12-8)15(3-14-6)10(22-4-23(18,19)20)7(17)5(16)1-21-10;;;;/h2-3,5,7,16-17H,1,4H2,(H2,11,12,13)(H2,18,19,20);;;;/t5-,7-,10+;;;;/m1..../s1. The minimum absolute atomic E-state index is 0. The summed E-state index contributed by atoms with van der Waals surface area (Å²) in [5, 5.41) is 20.0. The summed E-state index contributed by atoms with van der Waals surface area (Å²) in [5.41, 5.74) is 5.96. The van der Waals surface area contributed by atoms with E-state index in [0.717, 1.165) is 17.2 Å². The average Bonchev–Trinajstić information content (AvgIpc) is 3.02. The maximum absolute atomic E-state index is 11.1. The Morgan fingerprint density at radius 3 is 2.60 bits per heavy atom. The van der Waals surface area contributed by atoms with Crippen LogP contribution < -0.4 is 5.73 Å². The molecule has 0 saturated carbocycles. The van der Waals surface area contributed by atoms with E-state index in [2.05, 4.69) is 15.0 Å². The number of aliphatic hydroxyl groups excluding tert-OH is 2. The number of imidazole rings is 1. The van der Waals surface area contributed by atoms with Crippen LogP contribution in [0.3, 0.4) is 0 Å². The number of ether oxygens (including phenoxy) is 2. The summed E-state index contributed by atoms with van der Waals surface area (Å²) in [4.78, 5) is 29.7. The molecular formula is C10H16N5Na2O7P. The molecule has 6 N–H and O–H groups in total. The van der Waals surface area contributed by atoms with Gasteiger partial charge in [-0.2, -0.15) is 0 Å². The van der Waals surface area contributed by atoms with Crippen molar-refractivity contribution in [3.8, 4) is 0 Å². The van der Waals surface area contributed by atoms with E-state index in [9.17, 15) is 14.8 Å². The quantitative estimate of drug-likeness (QED) is 0.257. The van der Waals surface area contributed by atoms with Crippen molar-refractivity contribution in [1.29, 1.82) is 0 Å². The summed E-state index contributed by atoms with van der Waals surface area (Å²) in [6, 6.07) is 0. The van der Waals surface area contributed by atoms with Crippen molar-refractivity contribution < 1.29 is 34.0 Å². The van der Waals surface area contributed by atoms with Crippen LogP contribution >= 0.6 is 7.60 Å². The molecule has 1 aliphatic heterocycles. The summed E-state index contributed by atoms with van der Waals surface area (Å²) >= 11 is 0. The van der Waals surface area contributed by atoms with E-state index in [1.165, 1.54) is 0 Å². The van der Waals surface area contributed by atoms with Gasteiger partial charge in [-0.05, 0) is 0 Å². The van der Waals surface area contributed by atoms with Gasteiger partial charge < -0.3 is 35.2 Å². The van der Waals surface area contributed by atoms with Crippen molar-refractivity contribution in [3.63, 3.8) is 0 Å². The third-order valence-electron chi connectivity index (χ3n) is 3.34. The average molecular weight is 395 g/mol. The monoisotopic (exact) mass is 395 g/mol. The van der Waals surface area contributed by atoms with E-state index in [1.54, 1.807) is 0 Å². The second-order valence-electron chi connectivity index (χ2n) is 4.94. The molecule has 15 heteroatoms. The van der Waals surface area contributed by atoms with Crippen molar-refractivity contribution in [3.05, 3.63) is 12.7 Å². The molecule has 1 fully saturated rings. The summed E-state index contributed by atoms with van der Waals surface area (Å²) in [5.74, 6) is -2.04. The Hall–Kier alpha value is 0.340. The number of hydrogen-bond donors (Lipinski definition) is 5. The number of nitrogen functional groups attached to an aromatic ring is 1. The molecule has 25 heavy (non-hydrogen) atoms. The van der Waals surface area contributed by atoms with Crippen LogP contribution in [0, 0.1) is 0 Å². The third kappa shape index (κ3) is 4.43. The van der Waals surface area contributed by atoms with Crippen LogP contribution in [0.5, 0.6) is 0 Å². The zero-order valence-corrected chi connectivity index (χ0v) is 12.4. The number of rotatable bonds is 4. The second-order valence-corrected chi connectivity index (χ2v) is 6.53. The first-order chi connectivity index (χ1) is 10.7. The van der Waals surface area contributed by atoms with Gasteiger partial charge in [-0.1, -0.05) is 0 Å². The Bertz CT molecular complexity index is 788. The topological polar surface area (TPSA) is 186 Å². The van der Waals surface area contributed by atoms with E-state index >= 15 is 0 Å². The first kappa shape index (κ1) is 23.4. The normalized spacial score (nSPS) is 26.2. The van der Waals surface area contributed by atoms with E-state index < -0.39 is 32.1 Å². The number of nitrogens with zero attached hydrogens (tertiary/aromatic N) is 4. The molecule has 1 saturated heterocycles. The molecule has 2 aromatic rings. The van der Waals surface area contributed by atoms with Crippen LogP contribution in [0.15, 0.2) is 12.7 Å². The molecule has 0 spiro atoms. The van der Waals surface area contributed by atoms with Gasteiger partial charge in [0, 0.05) is 0 Å². The summed E-state index contributed by atoms with van der Waals surface area (Å²) in [6.07, 6.45) is -1.70. The predicted molar refractivity (Wildman–Crippen MR) is 88.0 cm³/mol. The van der Waals surface area contributed by atoms with E-state index in [-0.39, 0.29) is 82.7 Å². The van der Waals surface area contributed by atoms with Crippen molar-refractivity contribution >= 4 is 83.7 Å². The van der Waals surface area contributed by atoms with E-state index in [0.29, 0.717) is 0 Å². The fourth-order valence-electron chi connectivity index (χ4n) is 2.29. The van der Waals surface area contributed by atoms with Gasteiger partial charge in [-0.3, -0.25) is 9.13 Å². The molecule has 0 amide bonds. The van der Waals surface area contributed by atoms with E-state index in [4.69, 9.17) is 25.0 Å². The summed E-state index contributed by atoms with van der Waals surface area (Å²) in [7, 11) is -4.56. The molecule has 3 rings (SSSR count).